The van der Waals surface area contributed by atoms with Gasteiger partial charge in [0.2, 0.25) is 0 Å². The number of carbonyl (C=O) groups is 1. The van der Waals surface area contributed by atoms with Crippen molar-refractivity contribution in [1.29, 1.82) is 0 Å². The van der Waals surface area contributed by atoms with Gasteiger partial charge in [-0.25, -0.2) is 0 Å². The van der Waals surface area contributed by atoms with Gasteiger partial charge in [0.25, 0.3) is 5.91 Å². The SMILES string of the molecule is Cc1cc(-c2cccnc2)cc2c1C(=O)N(Cc1ccc(Oc3ccccc3)cc1)C2. The second kappa shape index (κ2) is 8.07. The van der Waals surface area contributed by atoms with Crippen LogP contribution in [0, 0.1) is 6.92 Å². The highest BCUT2D eigenvalue weighted by Crippen LogP contribution is 2.32. The molecule has 152 valence electrons. The van der Waals surface area contributed by atoms with Gasteiger partial charge in [-0.2, -0.15) is 0 Å². The summed E-state index contributed by atoms with van der Waals surface area (Å²) in [7, 11) is 0. The van der Waals surface area contributed by atoms with Crippen LogP contribution in [0.2, 0.25) is 0 Å². The Kier molecular flexibility index (Phi) is 4.97. The summed E-state index contributed by atoms with van der Waals surface area (Å²) in [6.45, 7) is 3.20. The topological polar surface area (TPSA) is 42.4 Å². The zero-order chi connectivity index (χ0) is 21.2. The van der Waals surface area contributed by atoms with Gasteiger partial charge in [-0.15, -0.1) is 0 Å². The average Bonchev–Trinajstić information content (AvgIpc) is 3.12. The maximum Gasteiger partial charge on any atom is 0.255 e. The molecule has 3 aromatic carbocycles. The summed E-state index contributed by atoms with van der Waals surface area (Å²) >= 11 is 0. The molecule has 4 aromatic rings. The van der Waals surface area contributed by atoms with E-state index in [1.807, 2.05) is 84.8 Å². The Labute approximate surface area is 181 Å². The fourth-order valence-corrected chi connectivity index (χ4v) is 4.06. The van der Waals surface area contributed by atoms with Gasteiger partial charge < -0.3 is 9.64 Å². The van der Waals surface area contributed by atoms with Crippen molar-refractivity contribution in [2.24, 2.45) is 0 Å². The molecule has 0 spiro atoms. The molecule has 1 aliphatic heterocycles. The summed E-state index contributed by atoms with van der Waals surface area (Å²) in [6.07, 6.45) is 3.62. The molecule has 1 amide bonds. The molecule has 0 atom stereocenters. The van der Waals surface area contributed by atoms with E-state index in [0.717, 1.165) is 44.9 Å². The molecule has 1 aromatic heterocycles. The first-order chi connectivity index (χ1) is 15.2. The lowest BCUT2D eigenvalue weighted by atomic mass is 9.97. The highest BCUT2D eigenvalue weighted by atomic mass is 16.5. The van der Waals surface area contributed by atoms with E-state index in [2.05, 4.69) is 17.1 Å². The third-order valence-electron chi connectivity index (χ3n) is 5.55. The standard InChI is InChI=1S/C27H22N2O2/c1-19-14-22(21-6-5-13-28-16-21)15-23-18-29(27(30)26(19)23)17-20-9-11-25(12-10-20)31-24-7-3-2-4-8-24/h2-16H,17-18H2,1H3. The van der Waals surface area contributed by atoms with Crippen LogP contribution in [0.25, 0.3) is 11.1 Å². The number of hydrogen-bond acceptors (Lipinski definition) is 3. The van der Waals surface area contributed by atoms with Gasteiger partial charge in [-0.05, 0) is 65.6 Å². The van der Waals surface area contributed by atoms with E-state index in [1.54, 1.807) is 6.20 Å². The van der Waals surface area contributed by atoms with Crippen molar-refractivity contribution in [3.63, 3.8) is 0 Å². The van der Waals surface area contributed by atoms with Crippen molar-refractivity contribution < 1.29 is 9.53 Å². The van der Waals surface area contributed by atoms with E-state index in [0.29, 0.717) is 13.1 Å². The lowest BCUT2D eigenvalue weighted by molar-refractivity contribution is 0.0766. The number of carbonyl (C=O) groups excluding carboxylic acids is 1. The molecule has 0 saturated heterocycles. The monoisotopic (exact) mass is 406 g/mol. The van der Waals surface area contributed by atoms with E-state index < -0.39 is 0 Å². The Balaban J connectivity index is 1.32. The maximum atomic E-state index is 13.1. The van der Waals surface area contributed by atoms with Gasteiger partial charge >= 0.3 is 0 Å². The molecule has 4 nitrogen and oxygen atoms in total. The van der Waals surface area contributed by atoms with Crippen molar-refractivity contribution in [2.45, 2.75) is 20.0 Å². The Hall–Kier alpha value is -3.92. The number of rotatable bonds is 5. The lowest BCUT2D eigenvalue weighted by Crippen LogP contribution is -2.23. The molecule has 1 aliphatic rings. The number of benzene rings is 3. The molecule has 4 heteroatoms. The number of aromatic nitrogens is 1. The molecular formula is C27H22N2O2. The minimum Gasteiger partial charge on any atom is -0.457 e. The van der Waals surface area contributed by atoms with E-state index in [9.17, 15) is 4.79 Å². The van der Waals surface area contributed by atoms with E-state index >= 15 is 0 Å². The van der Waals surface area contributed by atoms with Crippen LogP contribution in [0.15, 0.2) is 91.3 Å². The normalized spacial score (nSPS) is 12.7. The second-order valence-corrected chi connectivity index (χ2v) is 7.79. The van der Waals surface area contributed by atoms with Crippen molar-refractivity contribution in [3.8, 4) is 22.6 Å². The summed E-state index contributed by atoms with van der Waals surface area (Å²) < 4.78 is 5.86. The first kappa shape index (κ1) is 19.1. The molecule has 0 radical (unpaired) electrons. The predicted molar refractivity (Wildman–Crippen MR) is 121 cm³/mol. The van der Waals surface area contributed by atoms with Gasteiger partial charge in [0.15, 0.2) is 0 Å². The second-order valence-electron chi connectivity index (χ2n) is 7.79. The summed E-state index contributed by atoms with van der Waals surface area (Å²) in [5.74, 6) is 1.68. The number of aryl methyl sites for hydroxylation is 1. The molecule has 31 heavy (non-hydrogen) atoms. The Morgan fingerprint density at radius 3 is 2.42 bits per heavy atom. The Bertz CT molecular complexity index is 1220. The first-order valence-electron chi connectivity index (χ1n) is 10.3. The molecule has 0 fully saturated rings. The van der Waals surface area contributed by atoms with Crippen molar-refractivity contribution in [2.75, 3.05) is 0 Å². The molecule has 0 unspecified atom stereocenters. The van der Waals surface area contributed by atoms with E-state index in [1.165, 1.54) is 0 Å². The van der Waals surface area contributed by atoms with Gasteiger partial charge in [0, 0.05) is 36.6 Å². The van der Waals surface area contributed by atoms with Crippen LogP contribution in [0.4, 0.5) is 0 Å². The number of hydrogen-bond donors (Lipinski definition) is 0. The predicted octanol–water partition coefficient (Wildman–Crippen LogP) is 6.01. The van der Waals surface area contributed by atoms with Crippen molar-refractivity contribution in [1.82, 2.24) is 9.88 Å². The van der Waals surface area contributed by atoms with Crippen LogP contribution >= 0.6 is 0 Å². The maximum absolute atomic E-state index is 13.1. The third kappa shape index (κ3) is 3.92. The summed E-state index contributed by atoms with van der Waals surface area (Å²) in [6, 6.07) is 25.8. The van der Waals surface area contributed by atoms with Crippen molar-refractivity contribution in [3.05, 3.63) is 114 Å². The zero-order valence-electron chi connectivity index (χ0n) is 17.3. The average molecular weight is 406 g/mol. The van der Waals surface area contributed by atoms with Gasteiger partial charge in [-0.1, -0.05) is 42.5 Å². The molecule has 0 N–H and O–H groups in total. The Morgan fingerprint density at radius 1 is 0.903 bits per heavy atom. The number of nitrogens with zero attached hydrogens (tertiary/aromatic N) is 2. The highest BCUT2D eigenvalue weighted by molar-refractivity contribution is 6.00. The quantitative estimate of drug-likeness (QED) is 0.408. The van der Waals surface area contributed by atoms with Crippen LogP contribution in [-0.2, 0) is 13.1 Å². The fourth-order valence-electron chi connectivity index (χ4n) is 4.06. The molecule has 2 heterocycles. The minimum absolute atomic E-state index is 0.0925. The van der Waals surface area contributed by atoms with Crippen molar-refractivity contribution >= 4 is 5.91 Å². The third-order valence-corrected chi connectivity index (χ3v) is 5.55. The number of fused-ring (bicyclic) bond motifs is 1. The fraction of sp³-hybridized carbons (Fsp3) is 0.111. The van der Waals surface area contributed by atoms with E-state index in [-0.39, 0.29) is 5.91 Å². The van der Waals surface area contributed by atoms with Crippen LogP contribution in [0.1, 0.15) is 27.0 Å². The van der Waals surface area contributed by atoms with E-state index in [4.69, 9.17) is 4.74 Å². The highest BCUT2D eigenvalue weighted by Gasteiger charge is 2.29. The Morgan fingerprint density at radius 2 is 1.68 bits per heavy atom. The van der Waals surface area contributed by atoms with Crippen LogP contribution in [-0.4, -0.2) is 15.8 Å². The molecule has 5 rings (SSSR count). The van der Waals surface area contributed by atoms with Crippen LogP contribution in [0.3, 0.4) is 0 Å². The zero-order valence-corrected chi connectivity index (χ0v) is 17.3. The number of pyridine rings is 1. The number of ether oxygens (including phenoxy) is 1. The summed E-state index contributed by atoms with van der Waals surface area (Å²) in [4.78, 5) is 19.2. The van der Waals surface area contributed by atoms with Crippen LogP contribution in [0.5, 0.6) is 11.5 Å². The number of amides is 1. The smallest absolute Gasteiger partial charge is 0.255 e. The first-order valence-corrected chi connectivity index (χ1v) is 10.3. The molecule has 0 aliphatic carbocycles. The molecule has 0 saturated carbocycles. The number of para-hydroxylation sites is 1. The van der Waals surface area contributed by atoms with Gasteiger partial charge in [-0.3, -0.25) is 9.78 Å². The summed E-state index contributed by atoms with van der Waals surface area (Å²) in [5, 5.41) is 0. The van der Waals surface area contributed by atoms with Crippen LogP contribution < -0.4 is 4.74 Å². The summed E-state index contributed by atoms with van der Waals surface area (Å²) in [5.41, 5.74) is 6.15. The van der Waals surface area contributed by atoms with Gasteiger partial charge in [0.1, 0.15) is 11.5 Å². The lowest BCUT2D eigenvalue weighted by Gasteiger charge is -2.16. The molecular weight excluding hydrogens is 384 g/mol. The largest absolute Gasteiger partial charge is 0.457 e. The van der Waals surface area contributed by atoms with Gasteiger partial charge in [0.05, 0.1) is 0 Å². The molecule has 0 bridgehead atoms. The minimum atomic E-state index is 0.0925.